The Kier molecular flexibility index (Phi) is 3.74. The first-order chi connectivity index (χ1) is 13.3. The first-order valence-corrected chi connectivity index (χ1v) is 9.10. The van der Waals surface area contributed by atoms with Crippen LogP contribution < -0.4 is 10.6 Å². The highest BCUT2D eigenvalue weighted by molar-refractivity contribution is 5.82. The van der Waals surface area contributed by atoms with Crippen LogP contribution in [0.15, 0.2) is 42.9 Å². The third kappa shape index (κ3) is 3.21. The highest BCUT2D eigenvalue weighted by atomic mass is 15.2. The van der Waals surface area contributed by atoms with Crippen LogP contribution in [0.1, 0.15) is 43.1 Å². The van der Waals surface area contributed by atoms with Gasteiger partial charge in [0.15, 0.2) is 5.82 Å². The molecule has 1 atom stereocenters. The minimum Gasteiger partial charge on any atom is -0.361 e. The molecular formula is C19H20N8. The fraction of sp³-hybridized carbons (Fsp3) is 0.263. The lowest BCUT2D eigenvalue weighted by atomic mass is 10.1. The molecule has 0 unspecified atom stereocenters. The zero-order valence-electron chi connectivity index (χ0n) is 14.9. The van der Waals surface area contributed by atoms with E-state index in [9.17, 15) is 0 Å². The minimum atomic E-state index is -0.0356. The first-order valence-electron chi connectivity index (χ1n) is 9.10. The summed E-state index contributed by atoms with van der Waals surface area (Å²) in [6, 6.07) is 7.83. The smallest absolute Gasteiger partial charge is 0.225 e. The SMILES string of the molecule is C[C@@H](Nc1nccc(Nc2cc(C3CC3)[nH]n2)n1)c1nccc2[nH]ccc12. The maximum atomic E-state index is 4.55. The van der Waals surface area contributed by atoms with E-state index in [4.69, 9.17) is 0 Å². The maximum Gasteiger partial charge on any atom is 0.225 e. The Morgan fingerprint density at radius 3 is 2.89 bits per heavy atom. The Bertz CT molecular complexity index is 1080. The van der Waals surface area contributed by atoms with Gasteiger partial charge in [0.05, 0.1) is 11.7 Å². The van der Waals surface area contributed by atoms with E-state index in [1.807, 2.05) is 37.4 Å². The number of hydrogen-bond donors (Lipinski definition) is 4. The molecule has 1 aliphatic rings. The molecule has 0 amide bonds. The van der Waals surface area contributed by atoms with E-state index in [2.05, 4.69) is 40.8 Å². The molecule has 27 heavy (non-hydrogen) atoms. The summed E-state index contributed by atoms with van der Waals surface area (Å²) in [4.78, 5) is 16.6. The van der Waals surface area contributed by atoms with Gasteiger partial charge in [-0.05, 0) is 38.0 Å². The maximum absolute atomic E-state index is 4.55. The van der Waals surface area contributed by atoms with E-state index < -0.39 is 0 Å². The average molecular weight is 360 g/mol. The molecule has 4 aromatic heterocycles. The molecule has 1 aliphatic carbocycles. The standard InChI is InChI=1S/C19H20N8/c1-11(18-13-4-7-20-14(13)5-8-21-18)23-19-22-9-6-16(25-19)24-17-10-15(26-27-17)12-2-3-12/h4-12,20H,2-3H2,1H3,(H3,22,23,24,25,26,27)/t11-/m1/s1. The van der Waals surface area contributed by atoms with Crippen molar-refractivity contribution in [1.29, 1.82) is 0 Å². The molecule has 4 aromatic rings. The summed E-state index contributed by atoms with van der Waals surface area (Å²) in [5.41, 5.74) is 3.20. The molecule has 4 heterocycles. The van der Waals surface area contributed by atoms with Crippen LogP contribution in [0.3, 0.4) is 0 Å². The second kappa shape index (κ2) is 6.39. The summed E-state index contributed by atoms with van der Waals surface area (Å²) in [7, 11) is 0. The van der Waals surface area contributed by atoms with E-state index >= 15 is 0 Å². The van der Waals surface area contributed by atoms with Gasteiger partial charge in [0.1, 0.15) is 5.82 Å². The molecule has 1 saturated carbocycles. The Morgan fingerprint density at radius 1 is 1.11 bits per heavy atom. The summed E-state index contributed by atoms with van der Waals surface area (Å²) >= 11 is 0. The van der Waals surface area contributed by atoms with E-state index in [0.29, 0.717) is 17.7 Å². The van der Waals surface area contributed by atoms with Crippen molar-refractivity contribution in [3.8, 4) is 0 Å². The molecule has 8 heteroatoms. The molecule has 0 bridgehead atoms. The fourth-order valence-electron chi connectivity index (χ4n) is 3.25. The van der Waals surface area contributed by atoms with Gasteiger partial charge >= 0.3 is 0 Å². The number of fused-ring (bicyclic) bond motifs is 1. The van der Waals surface area contributed by atoms with Crippen LogP contribution in [0.25, 0.3) is 10.9 Å². The zero-order chi connectivity index (χ0) is 18.2. The van der Waals surface area contributed by atoms with Gasteiger partial charge in [0.25, 0.3) is 0 Å². The summed E-state index contributed by atoms with van der Waals surface area (Å²) in [5, 5.41) is 15.1. The Balaban J connectivity index is 1.33. The van der Waals surface area contributed by atoms with Crippen molar-refractivity contribution in [3.05, 3.63) is 54.2 Å². The number of anilines is 3. The highest BCUT2D eigenvalue weighted by Crippen LogP contribution is 2.39. The molecule has 136 valence electrons. The minimum absolute atomic E-state index is 0.0356. The van der Waals surface area contributed by atoms with Crippen molar-refractivity contribution in [2.75, 3.05) is 10.6 Å². The Labute approximate surface area is 155 Å². The quantitative estimate of drug-likeness (QED) is 0.416. The number of rotatable bonds is 6. The molecule has 1 fully saturated rings. The molecule has 0 saturated heterocycles. The summed E-state index contributed by atoms with van der Waals surface area (Å²) in [6.07, 6.45) is 7.93. The number of aromatic nitrogens is 6. The van der Waals surface area contributed by atoms with E-state index in [-0.39, 0.29) is 6.04 Å². The highest BCUT2D eigenvalue weighted by Gasteiger charge is 2.25. The van der Waals surface area contributed by atoms with Crippen molar-refractivity contribution in [2.24, 2.45) is 0 Å². The van der Waals surface area contributed by atoms with Gasteiger partial charge in [-0.1, -0.05) is 0 Å². The lowest BCUT2D eigenvalue weighted by molar-refractivity contribution is 0.833. The molecule has 0 aromatic carbocycles. The number of H-pyrrole nitrogens is 2. The lowest BCUT2D eigenvalue weighted by Crippen LogP contribution is -2.11. The van der Waals surface area contributed by atoms with Gasteiger partial charge < -0.3 is 15.6 Å². The molecule has 8 nitrogen and oxygen atoms in total. The van der Waals surface area contributed by atoms with Gasteiger partial charge in [0.2, 0.25) is 5.95 Å². The van der Waals surface area contributed by atoms with E-state index in [1.54, 1.807) is 12.4 Å². The largest absolute Gasteiger partial charge is 0.361 e. The second-order valence-corrected chi connectivity index (χ2v) is 6.87. The van der Waals surface area contributed by atoms with Gasteiger partial charge in [0, 0.05) is 47.2 Å². The molecular weight excluding hydrogens is 340 g/mol. The molecule has 0 spiro atoms. The van der Waals surface area contributed by atoms with Gasteiger partial charge in [-0.3, -0.25) is 10.1 Å². The number of aromatic amines is 2. The topological polar surface area (TPSA) is 107 Å². The number of nitrogens with one attached hydrogen (secondary N) is 4. The monoisotopic (exact) mass is 360 g/mol. The van der Waals surface area contributed by atoms with Crippen LogP contribution >= 0.6 is 0 Å². The van der Waals surface area contributed by atoms with E-state index in [1.165, 1.54) is 18.5 Å². The van der Waals surface area contributed by atoms with Crippen molar-refractivity contribution in [1.82, 2.24) is 30.1 Å². The molecule has 5 rings (SSSR count). The third-order valence-electron chi connectivity index (χ3n) is 4.79. The van der Waals surface area contributed by atoms with E-state index in [0.717, 1.165) is 22.4 Å². The normalized spacial score (nSPS) is 15.0. The van der Waals surface area contributed by atoms with Gasteiger partial charge in [-0.2, -0.15) is 10.1 Å². The van der Waals surface area contributed by atoms with Crippen LogP contribution in [0.4, 0.5) is 17.6 Å². The first kappa shape index (κ1) is 15.8. The van der Waals surface area contributed by atoms with Gasteiger partial charge in [-0.15, -0.1) is 0 Å². The molecule has 4 N–H and O–H groups in total. The van der Waals surface area contributed by atoms with Crippen LogP contribution in [0, 0.1) is 0 Å². The molecule has 0 aliphatic heterocycles. The predicted molar refractivity (Wildman–Crippen MR) is 104 cm³/mol. The van der Waals surface area contributed by atoms with Crippen LogP contribution in [0.5, 0.6) is 0 Å². The number of pyridine rings is 1. The summed E-state index contributed by atoms with van der Waals surface area (Å²) < 4.78 is 0. The average Bonchev–Trinajstić information content (AvgIpc) is 3.22. The van der Waals surface area contributed by atoms with Crippen molar-refractivity contribution < 1.29 is 0 Å². The Hall–Kier alpha value is -3.42. The molecule has 0 radical (unpaired) electrons. The third-order valence-corrected chi connectivity index (χ3v) is 4.79. The number of nitrogens with zero attached hydrogens (tertiary/aromatic N) is 4. The number of hydrogen-bond acceptors (Lipinski definition) is 6. The van der Waals surface area contributed by atoms with Crippen molar-refractivity contribution >= 4 is 28.5 Å². The van der Waals surface area contributed by atoms with Crippen LogP contribution in [-0.4, -0.2) is 30.1 Å². The Morgan fingerprint density at radius 2 is 2.00 bits per heavy atom. The summed E-state index contributed by atoms with van der Waals surface area (Å²) in [6.45, 7) is 2.05. The van der Waals surface area contributed by atoms with Crippen molar-refractivity contribution in [3.63, 3.8) is 0 Å². The fourth-order valence-corrected chi connectivity index (χ4v) is 3.25. The predicted octanol–water partition coefficient (Wildman–Crippen LogP) is 3.87. The second-order valence-electron chi connectivity index (χ2n) is 6.87. The zero-order valence-corrected chi connectivity index (χ0v) is 14.9. The van der Waals surface area contributed by atoms with Gasteiger partial charge in [-0.25, -0.2) is 4.98 Å². The van der Waals surface area contributed by atoms with Crippen molar-refractivity contribution in [2.45, 2.75) is 31.7 Å². The van der Waals surface area contributed by atoms with Crippen LogP contribution in [-0.2, 0) is 0 Å². The summed E-state index contributed by atoms with van der Waals surface area (Å²) in [5.74, 6) is 2.65. The van der Waals surface area contributed by atoms with Crippen LogP contribution in [0.2, 0.25) is 0 Å². The lowest BCUT2D eigenvalue weighted by Gasteiger charge is -2.14.